The zero-order chi connectivity index (χ0) is 13.9. The molecule has 3 aromatic rings. The smallest absolute Gasteiger partial charge is 0.124 e. The maximum absolute atomic E-state index is 5.80. The number of aryl methyl sites for hydroxylation is 1. The van der Waals surface area contributed by atoms with Crippen molar-refractivity contribution in [1.29, 1.82) is 0 Å². The van der Waals surface area contributed by atoms with Gasteiger partial charge in [-0.2, -0.15) is 0 Å². The fraction of sp³-hybridized carbons (Fsp3) is 0.118. The van der Waals surface area contributed by atoms with Crippen LogP contribution in [0.2, 0.25) is 0 Å². The molecule has 0 atom stereocenters. The van der Waals surface area contributed by atoms with Crippen LogP contribution in [0.15, 0.2) is 53.9 Å². The second-order valence-corrected chi connectivity index (χ2v) is 5.62. The van der Waals surface area contributed by atoms with E-state index in [0.717, 1.165) is 27.4 Å². The molecule has 0 fully saturated rings. The second kappa shape index (κ2) is 5.57. The van der Waals surface area contributed by atoms with Crippen molar-refractivity contribution in [2.75, 3.05) is 0 Å². The van der Waals surface area contributed by atoms with Gasteiger partial charge >= 0.3 is 0 Å². The van der Waals surface area contributed by atoms with Crippen LogP contribution >= 0.6 is 11.3 Å². The fourth-order valence-electron chi connectivity index (χ4n) is 2.16. The summed E-state index contributed by atoms with van der Waals surface area (Å²) in [6.07, 6.45) is 0. The van der Waals surface area contributed by atoms with Gasteiger partial charge in [-0.05, 0) is 12.5 Å². The third-order valence-corrected chi connectivity index (χ3v) is 4.19. The molecular formula is C17H16N2S. The molecule has 1 heterocycles. The molecule has 0 saturated carbocycles. The van der Waals surface area contributed by atoms with Crippen molar-refractivity contribution in [3.63, 3.8) is 0 Å². The van der Waals surface area contributed by atoms with E-state index in [1.54, 1.807) is 11.3 Å². The second-order valence-electron chi connectivity index (χ2n) is 4.77. The number of hydrogen-bond acceptors (Lipinski definition) is 3. The van der Waals surface area contributed by atoms with Gasteiger partial charge in [-0.1, -0.05) is 54.1 Å². The van der Waals surface area contributed by atoms with Crippen LogP contribution < -0.4 is 5.73 Å². The summed E-state index contributed by atoms with van der Waals surface area (Å²) in [6.45, 7) is 2.63. The Bertz CT molecular complexity index is 714. The standard InChI is InChI=1S/C17H16N2S/c1-12-6-8-13(9-7-12)16-11-20-17(19-16)15-5-3-2-4-14(15)10-18/h2-9,11H,10,18H2,1H3. The van der Waals surface area contributed by atoms with Gasteiger partial charge in [-0.25, -0.2) is 4.98 Å². The first-order valence-corrected chi connectivity index (χ1v) is 7.47. The maximum Gasteiger partial charge on any atom is 0.124 e. The van der Waals surface area contributed by atoms with E-state index in [1.807, 2.05) is 12.1 Å². The van der Waals surface area contributed by atoms with Crippen molar-refractivity contribution in [1.82, 2.24) is 4.98 Å². The van der Waals surface area contributed by atoms with E-state index < -0.39 is 0 Å². The lowest BCUT2D eigenvalue weighted by Crippen LogP contribution is -1.98. The van der Waals surface area contributed by atoms with E-state index in [4.69, 9.17) is 10.7 Å². The minimum absolute atomic E-state index is 0.537. The largest absolute Gasteiger partial charge is 0.326 e. The lowest BCUT2D eigenvalue weighted by Gasteiger charge is -2.03. The SMILES string of the molecule is Cc1ccc(-c2csc(-c3ccccc3CN)n2)cc1. The normalized spacial score (nSPS) is 10.7. The lowest BCUT2D eigenvalue weighted by atomic mass is 10.1. The first kappa shape index (κ1) is 13.0. The van der Waals surface area contributed by atoms with Gasteiger partial charge in [0.25, 0.3) is 0 Å². The Morgan fingerprint density at radius 1 is 1.05 bits per heavy atom. The summed E-state index contributed by atoms with van der Waals surface area (Å²) in [6, 6.07) is 16.6. The fourth-order valence-corrected chi connectivity index (χ4v) is 3.05. The first-order chi connectivity index (χ1) is 9.78. The van der Waals surface area contributed by atoms with Crippen molar-refractivity contribution in [2.45, 2.75) is 13.5 Å². The maximum atomic E-state index is 5.80. The highest BCUT2D eigenvalue weighted by Crippen LogP contribution is 2.30. The zero-order valence-electron chi connectivity index (χ0n) is 11.3. The molecule has 0 aliphatic carbocycles. The van der Waals surface area contributed by atoms with E-state index in [2.05, 4.69) is 48.7 Å². The Balaban J connectivity index is 2.00. The van der Waals surface area contributed by atoms with Crippen molar-refractivity contribution in [3.05, 3.63) is 65.0 Å². The number of aromatic nitrogens is 1. The Kier molecular flexibility index (Phi) is 3.63. The van der Waals surface area contributed by atoms with Crippen molar-refractivity contribution in [2.24, 2.45) is 5.73 Å². The van der Waals surface area contributed by atoms with Crippen LogP contribution in [0.4, 0.5) is 0 Å². The molecule has 3 heteroatoms. The highest BCUT2D eigenvalue weighted by Gasteiger charge is 2.09. The van der Waals surface area contributed by atoms with Crippen LogP contribution in [-0.2, 0) is 6.54 Å². The molecule has 20 heavy (non-hydrogen) atoms. The molecule has 0 amide bonds. The lowest BCUT2D eigenvalue weighted by molar-refractivity contribution is 1.07. The quantitative estimate of drug-likeness (QED) is 0.779. The van der Waals surface area contributed by atoms with Gasteiger partial charge in [0.2, 0.25) is 0 Å². The van der Waals surface area contributed by atoms with Crippen LogP contribution in [0.1, 0.15) is 11.1 Å². The summed E-state index contributed by atoms with van der Waals surface area (Å²) in [5.41, 5.74) is 11.5. The third kappa shape index (κ3) is 2.50. The average molecular weight is 280 g/mol. The molecule has 2 N–H and O–H groups in total. The van der Waals surface area contributed by atoms with Crippen LogP contribution in [0, 0.1) is 6.92 Å². The number of benzene rings is 2. The van der Waals surface area contributed by atoms with Crippen LogP contribution in [0.5, 0.6) is 0 Å². The zero-order valence-corrected chi connectivity index (χ0v) is 12.2. The molecule has 0 bridgehead atoms. The highest BCUT2D eigenvalue weighted by atomic mass is 32.1. The number of thiazole rings is 1. The van der Waals surface area contributed by atoms with Gasteiger partial charge in [-0.3, -0.25) is 0 Å². The average Bonchev–Trinajstić information content (AvgIpc) is 2.97. The third-order valence-electron chi connectivity index (χ3n) is 3.32. The van der Waals surface area contributed by atoms with Gasteiger partial charge in [0.15, 0.2) is 0 Å². The summed E-state index contributed by atoms with van der Waals surface area (Å²) in [5, 5.41) is 3.13. The van der Waals surface area contributed by atoms with Gasteiger partial charge in [-0.15, -0.1) is 11.3 Å². The summed E-state index contributed by atoms with van der Waals surface area (Å²) in [7, 11) is 0. The van der Waals surface area contributed by atoms with Crippen molar-refractivity contribution >= 4 is 11.3 Å². The number of nitrogens with zero attached hydrogens (tertiary/aromatic N) is 1. The van der Waals surface area contributed by atoms with Gasteiger partial charge < -0.3 is 5.73 Å². The van der Waals surface area contributed by atoms with E-state index in [0.29, 0.717) is 6.54 Å². The summed E-state index contributed by atoms with van der Waals surface area (Å²) < 4.78 is 0. The molecule has 1 aromatic heterocycles. The summed E-state index contributed by atoms with van der Waals surface area (Å²) >= 11 is 1.66. The van der Waals surface area contributed by atoms with E-state index in [1.165, 1.54) is 5.56 Å². The van der Waals surface area contributed by atoms with E-state index in [9.17, 15) is 0 Å². The Morgan fingerprint density at radius 2 is 1.80 bits per heavy atom. The van der Waals surface area contributed by atoms with Crippen LogP contribution in [0.3, 0.4) is 0 Å². The molecular weight excluding hydrogens is 264 g/mol. The molecule has 2 nitrogen and oxygen atoms in total. The highest BCUT2D eigenvalue weighted by molar-refractivity contribution is 7.13. The van der Waals surface area contributed by atoms with E-state index >= 15 is 0 Å². The minimum atomic E-state index is 0.537. The van der Waals surface area contributed by atoms with Gasteiger partial charge in [0.1, 0.15) is 5.01 Å². The molecule has 0 spiro atoms. The van der Waals surface area contributed by atoms with Gasteiger partial charge in [0.05, 0.1) is 5.69 Å². The van der Waals surface area contributed by atoms with Crippen molar-refractivity contribution in [3.8, 4) is 21.8 Å². The molecule has 0 saturated heterocycles. The van der Waals surface area contributed by atoms with Crippen LogP contribution in [0.25, 0.3) is 21.8 Å². The number of nitrogens with two attached hydrogens (primary N) is 1. The van der Waals surface area contributed by atoms with E-state index in [-0.39, 0.29) is 0 Å². The Labute approximate surface area is 122 Å². The molecule has 3 rings (SSSR count). The Morgan fingerprint density at radius 3 is 2.55 bits per heavy atom. The number of rotatable bonds is 3. The molecule has 0 aliphatic rings. The summed E-state index contributed by atoms with van der Waals surface area (Å²) in [4.78, 5) is 4.75. The molecule has 0 unspecified atom stereocenters. The van der Waals surface area contributed by atoms with Gasteiger partial charge in [0, 0.05) is 23.1 Å². The molecule has 100 valence electrons. The number of hydrogen-bond donors (Lipinski definition) is 1. The Hall–Kier alpha value is -1.97. The topological polar surface area (TPSA) is 38.9 Å². The molecule has 0 aliphatic heterocycles. The van der Waals surface area contributed by atoms with Crippen molar-refractivity contribution < 1.29 is 0 Å². The molecule has 0 radical (unpaired) electrons. The van der Waals surface area contributed by atoms with Crippen LogP contribution in [-0.4, -0.2) is 4.98 Å². The molecule has 2 aromatic carbocycles. The summed E-state index contributed by atoms with van der Waals surface area (Å²) in [5.74, 6) is 0. The minimum Gasteiger partial charge on any atom is -0.326 e. The predicted octanol–water partition coefficient (Wildman–Crippen LogP) is 4.24. The first-order valence-electron chi connectivity index (χ1n) is 6.59. The predicted molar refractivity (Wildman–Crippen MR) is 85.6 cm³/mol. The monoisotopic (exact) mass is 280 g/mol.